The third kappa shape index (κ3) is 8.39. The van der Waals surface area contributed by atoms with E-state index >= 15 is 0 Å². The lowest BCUT2D eigenvalue weighted by Gasteiger charge is -2.18. The van der Waals surface area contributed by atoms with Gasteiger partial charge in [0.05, 0.1) is 31.6 Å². The van der Waals surface area contributed by atoms with Crippen molar-refractivity contribution in [2.45, 2.75) is 32.2 Å². The third-order valence-electron chi connectivity index (χ3n) is 4.40. The SMILES string of the molecule is CCCCOC(=O)c1ccc(NC(=O)CC(NS(C)(=O)=O)c2ccc(OC)cc2)cc1. The number of hydrogen-bond acceptors (Lipinski definition) is 6. The molecule has 2 N–H and O–H groups in total. The standard InChI is InChI=1S/C22H28N2O6S/c1-4-5-14-30-22(26)17-6-10-18(11-7-17)23-21(25)15-20(24-31(3,27)28)16-8-12-19(29-2)13-9-16/h6-13,20,24H,4-5,14-15H2,1-3H3,(H,23,25). The Balaban J connectivity index is 2.03. The Morgan fingerprint density at radius 2 is 1.68 bits per heavy atom. The van der Waals surface area contributed by atoms with Crippen molar-refractivity contribution in [3.63, 3.8) is 0 Å². The van der Waals surface area contributed by atoms with Crippen molar-refractivity contribution in [1.29, 1.82) is 0 Å². The van der Waals surface area contributed by atoms with E-state index in [0.717, 1.165) is 19.1 Å². The van der Waals surface area contributed by atoms with Crippen LogP contribution in [0, 0.1) is 0 Å². The molecule has 168 valence electrons. The van der Waals surface area contributed by atoms with Crippen molar-refractivity contribution < 1.29 is 27.5 Å². The summed E-state index contributed by atoms with van der Waals surface area (Å²) in [6.45, 7) is 2.38. The van der Waals surface area contributed by atoms with Crippen molar-refractivity contribution in [1.82, 2.24) is 4.72 Å². The van der Waals surface area contributed by atoms with E-state index in [2.05, 4.69) is 10.0 Å². The third-order valence-corrected chi connectivity index (χ3v) is 5.11. The highest BCUT2D eigenvalue weighted by atomic mass is 32.2. The zero-order chi connectivity index (χ0) is 22.9. The number of esters is 1. The summed E-state index contributed by atoms with van der Waals surface area (Å²) >= 11 is 0. The first-order chi connectivity index (χ1) is 14.7. The van der Waals surface area contributed by atoms with Gasteiger partial charge in [-0.2, -0.15) is 0 Å². The Morgan fingerprint density at radius 3 is 2.23 bits per heavy atom. The van der Waals surface area contributed by atoms with Gasteiger partial charge < -0.3 is 14.8 Å². The Hall–Kier alpha value is -2.91. The summed E-state index contributed by atoms with van der Waals surface area (Å²) in [5, 5.41) is 2.72. The van der Waals surface area contributed by atoms with E-state index in [1.165, 1.54) is 7.11 Å². The first-order valence-corrected chi connectivity index (χ1v) is 11.8. The molecule has 2 aromatic rings. The average molecular weight is 449 g/mol. The van der Waals surface area contributed by atoms with Gasteiger partial charge >= 0.3 is 5.97 Å². The number of rotatable bonds is 11. The number of anilines is 1. The minimum absolute atomic E-state index is 0.111. The topological polar surface area (TPSA) is 111 Å². The molecule has 0 aliphatic carbocycles. The Morgan fingerprint density at radius 1 is 1.03 bits per heavy atom. The fraction of sp³-hybridized carbons (Fsp3) is 0.364. The van der Waals surface area contributed by atoms with Crippen LogP contribution in [-0.4, -0.2) is 40.3 Å². The molecule has 9 heteroatoms. The molecular formula is C22H28N2O6S. The summed E-state index contributed by atoms with van der Waals surface area (Å²) in [4.78, 5) is 24.5. The van der Waals surface area contributed by atoms with Crippen LogP contribution in [0.2, 0.25) is 0 Å². The van der Waals surface area contributed by atoms with Crippen LogP contribution < -0.4 is 14.8 Å². The minimum Gasteiger partial charge on any atom is -0.497 e. The van der Waals surface area contributed by atoms with Crippen molar-refractivity contribution in [3.8, 4) is 5.75 Å². The Kier molecular flexibility index (Phi) is 9.02. The molecule has 0 bridgehead atoms. The second-order valence-electron chi connectivity index (χ2n) is 7.03. The molecule has 0 aromatic heterocycles. The van der Waals surface area contributed by atoms with Crippen molar-refractivity contribution in [3.05, 3.63) is 59.7 Å². The maximum absolute atomic E-state index is 12.5. The average Bonchev–Trinajstić information content (AvgIpc) is 2.73. The zero-order valence-electron chi connectivity index (χ0n) is 17.9. The molecule has 1 amide bonds. The van der Waals surface area contributed by atoms with Crippen LogP contribution in [0.4, 0.5) is 5.69 Å². The van der Waals surface area contributed by atoms with Crippen molar-refractivity contribution >= 4 is 27.6 Å². The van der Waals surface area contributed by atoms with Crippen LogP contribution in [0.15, 0.2) is 48.5 Å². The summed E-state index contributed by atoms with van der Waals surface area (Å²) in [7, 11) is -2.01. The summed E-state index contributed by atoms with van der Waals surface area (Å²) in [6, 6.07) is 12.4. The predicted molar refractivity (Wildman–Crippen MR) is 119 cm³/mol. The maximum Gasteiger partial charge on any atom is 0.338 e. The normalized spacial score (nSPS) is 12.1. The summed E-state index contributed by atoms with van der Waals surface area (Å²) in [5.41, 5.74) is 1.51. The number of nitrogens with one attached hydrogen (secondary N) is 2. The number of carbonyl (C=O) groups excluding carboxylic acids is 2. The number of carbonyl (C=O) groups is 2. The van der Waals surface area contributed by atoms with Gasteiger partial charge in [-0.1, -0.05) is 25.5 Å². The first kappa shape index (κ1) is 24.4. The van der Waals surface area contributed by atoms with E-state index in [1.807, 2.05) is 6.92 Å². The quantitative estimate of drug-likeness (QED) is 0.403. The highest BCUT2D eigenvalue weighted by molar-refractivity contribution is 7.88. The molecule has 0 spiro atoms. The Labute approximate surface area is 183 Å². The Bertz CT molecular complexity index is 972. The van der Waals surface area contributed by atoms with Gasteiger partial charge in [-0.15, -0.1) is 0 Å². The van der Waals surface area contributed by atoms with Gasteiger partial charge in [-0.3, -0.25) is 4.79 Å². The zero-order valence-corrected chi connectivity index (χ0v) is 18.7. The van der Waals surface area contributed by atoms with Gasteiger partial charge in [0.1, 0.15) is 5.75 Å². The van der Waals surface area contributed by atoms with E-state index < -0.39 is 22.0 Å². The number of methoxy groups -OCH3 is 1. The van der Waals surface area contributed by atoms with Crippen LogP contribution in [-0.2, 0) is 19.6 Å². The summed E-state index contributed by atoms with van der Waals surface area (Å²) in [6.07, 6.45) is 2.67. The van der Waals surface area contributed by atoms with Gasteiger partial charge in [0, 0.05) is 12.1 Å². The van der Waals surface area contributed by atoms with Gasteiger partial charge in [0.2, 0.25) is 15.9 Å². The molecule has 2 aromatic carbocycles. The lowest BCUT2D eigenvalue weighted by Crippen LogP contribution is -2.30. The highest BCUT2D eigenvalue weighted by Crippen LogP contribution is 2.22. The molecule has 0 fully saturated rings. The second-order valence-corrected chi connectivity index (χ2v) is 8.81. The molecule has 8 nitrogen and oxygen atoms in total. The lowest BCUT2D eigenvalue weighted by atomic mass is 10.0. The fourth-order valence-corrected chi connectivity index (χ4v) is 3.54. The molecule has 2 rings (SSSR count). The smallest absolute Gasteiger partial charge is 0.338 e. The highest BCUT2D eigenvalue weighted by Gasteiger charge is 2.20. The van der Waals surface area contributed by atoms with Crippen LogP contribution in [0.3, 0.4) is 0 Å². The molecule has 0 saturated carbocycles. The number of benzene rings is 2. The van der Waals surface area contributed by atoms with E-state index in [1.54, 1.807) is 48.5 Å². The predicted octanol–water partition coefficient (Wildman–Crippen LogP) is 3.27. The number of amides is 1. The van der Waals surface area contributed by atoms with Gasteiger partial charge in [0.15, 0.2) is 0 Å². The fourth-order valence-electron chi connectivity index (χ4n) is 2.80. The lowest BCUT2D eigenvalue weighted by molar-refractivity contribution is -0.116. The number of sulfonamides is 1. The minimum atomic E-state index is -3.54. The number of ether oxygens (including phenoxy) is 2. The molecule has 31 heavy (non-hydrogen) atoms. The second kappa shape index (κ2) is 11.5. The molecule has 0 radical (unpaired) electrons. The monoisotopic (exact) mass is 448 g/mol. The van der Waals surface area contributed by atoms with Gasteiger partial charge in [0.25, 0.3) is 0 Å². The van der Waals surface area contributed by atoms with E-state index in [9.17, 15) is 18.0 Å². The molecule has 0 aliphatic rings. The van der Waals surface area contributed by atoms with Crippen LogP contribution in [0.25, 0.3) is 0 Å². The summed E-state index contributed by atoms with van der Waals surface area (Å²) < 4.78 is 36.3. The van der Waals surface area contributed by atoms with E-state index in [0.29, 0.717) is 29.2 Å². The van der Waals surface area contributed by atoms with Crippen LogP contribution >= 0.6 is 0 Å². The molecule has 0 saturated heterocycles. The van der Waals surface area contributed by atoms with Gasteiger partial charge in [-0.25, -0.2) is 17.9 Å². The molecule has 0 heterocycles. The number of hydrogen-bond donors (Lipinski definition) is 2. The van der Waals surface area contributed by atoms with Crippen LogP contribution in [0.1, 0.15) is 48.1 Å². The van der Waals surface area contributed by atoms with Crippen molar-refractivity contribution in [2.75, 3.05) is 25.3 Å². The van der Waals surface area contributed by atoms with Crippen molar-refractivity contribution in [2.24, 2.45) is 0 Å². The number of unbranched alkanes of at least 4 members (excludes halogenated alkanes) is 1. The van der Waals surface area contributed by atoms with E-state index in [4.69, 9.17) is 9.47 Å². The molecular weight excluding hydrogens is 420 g/mol. The molecule has 0 aliphatic heterocycles. The molecule has 1 unspecified atom stereocenters. The molecule has 1 atom stereocenters. The first-order valence-electron chi connectivity index (χ1n) is 9.90. The van der Waals surface area contributed by atoms with E-state index in [-0.39, 0.29) is 12.3 Å². The van der Waals surface area contributed by atoms with Crippen LogP contribution in [0.5, 0.6) is 5.75 Å². The largest absolute Gasteiger partial charge is 0.497 e. The van der Waals surface area contributed by atoms with Gasteiger partial charge in [-0.05, 0) is 48.4 Å². The summed E-state index contributed by atoms with van der Waals surface area (Å²) in [5.74, 6) is -0.168. The maximum atomic E-state index is 12.5.